The topological polar surface area (TPSA) is 52.0 Å². The van der Waals surface area contributed by atoms with Crippen LogP contribution in [0.25, 0.3) is 0 Å². The van der Waals surface area contributed by atoms with Crippen molar-refractivity contribution < 1.29 is 0 Å². The van der Waals surface area contributed by atoms with Crippen LogP contribution in [0.3, 0.4) is 0 Å². The Morgan fingerprint density at radius 3 is 2.75 bits per heavy atom. The second-order valence-corrected chi connectivity index (χ2v) is 5.83. The van der Waals surface area contributed by atoms with Crippen molar-refractivity contribution >= 4 is 5.69 Å². The van der Waals surface area contributed by atoms with E-state index in [2.05, 4.69) is 28.2 Å². The highest BCUT2D eigenvalue weighted by molar-refractivity contribution is 5.59. The molecule has 1 saturated heterocycles. The molecule has 0 unspecified atom stereocenters. The van der Waals surface area contributed by atoms with E-state index in [1.807, 2.05) is 19.9 Å². The number of pyridine rings is 1. The number of aryl methyl sites for hydroxylation is 2. The van der Waals surface area contributed by atoms with Crippen LogP contribution in [-0.4, -0.2) is 36.1 Å². The summed E-state index contributed by atoms with van der Waals surface area (Å²) in [5.74, 6) is 0.870. The molecule has 2 rings (SSSR count). The number of nitriles is 1. The van der Waals surface area contributed by atoms with E-state index in [0.717, 1.165) is 36.1 Å². The third kappa shape index (κ3) is 3.71. The fraction of sp³-hybridized carbons (Fsp3) is 0.625. The molecule has 0 spiro atoms. The second kappa shape index (κ2) is 6.71. The molecule has 1 fully saturated rings. The maximum absolute atomic E-state index is 9.23. The van der Waals surface area contributed by atoms with Crippen molar-refractivity contribution in [3.8, 4) is 6.07 Å². The lowest BCUT2D eigenvalue weighted by Gasteiger charge is -2.30. The molecule has 108 valence electrons. The van der Waals surface area contributed by atoms with Gasteiger partial charge in [-0.2, -0.15) is 5.26 Å². The number of nitrogens with zero attached hydrogens (tertiary/aromatic N) is 3. The minimum absolute atomic E-state index is 0.669. The van der Waals surface area contributed by atoms with Crippen LogP contribution in [0.5, 0.6) is 0 Å². The maximum Gasteiger partial charge on any atom is 0.103 e. The Morgan fingerprint density at radius 1 is 1.40 bits per heavy atom. The van der Waals surface area contributed by atoms with E-state index in [-0.39, 0.29) is 0 Å². The Morgan fingerprint density at radius 2 is 2.10 bits per heavy atom. The number of piperidine rings is 1. The van der Waals surface area contributed by atoms with Crippen LogP contribution in [0.2, 0.25) is 0 Å². The molecule has 0 amide bonds. The fourth-order valence-electron chi connectivity index (χ4n) is 2.74. The summed E-state index contributed by atoms with van der Waals surface area (Å²) in [5.41, 5.74) is 3.35. The third-order valence-corrected chi connectivity index (χ3v) is 4.06. The van der Waals surface area contributed by atoms with Crippen LogP contribution in [0.1, 0.15) is 36.7 Å². The van der Waals surface area contributed by atoms with Crippen molar-refractivity contribution in [2.45, 2.75) is 33.6 Å². The largest absolute Gasteiger partial charge is 0.383 e. The zero-order valence-electron chi connectivity index (χ0n) is 12.7. The van der Waals surface area contributed by atoms with Gasteiger partial charge in [-0.1, -0.05) is 6.92 Å². The first-order valence-corrected chi connectivity index (χ1v) is 7.44. The highest BCUT2D eigenvalue weighted by Gasteiger charge is 2.15. The molecule has 1 aromatic rings. The molecule has 4 heteroatoms. The van der Waals surface area contributed by atoms with Crippen LogP contribution in [0.4, 0.5) is 5.69 Å². The second-order valence-electron chi connectivity index (χ2n) is 5.83. The Hall–Kier alpha value is -1.60. The van der Waals surface area contributed by atoms with Gasteiger partial charge in [0.25, 0.3) is 0 Å². The molecule has 0 aliphatic carbocycles. The standard InChI is InChI=1S/C16H24N4/c1-12-4-7-20(8-5-12)9-6-18-16-10-13(2)19-14(3)15(16)11-17/h10,12H,4-9H2,1-3H3,(H,18,19). The fourth-order valence-corrected chi connectivity index (χ4v) is 2.74. The normalized spacial score (nSPS) is 16.9. The molecule has 0 radical (unpaired) electrons. The van der Waals surface area contributed by atoms with Crippen LogP contribution in [0.15, 0.2) is 6.07 Å². The average molecular weight is 272 g/mol. The Balaban J connectivity index is 1.90. The van der Waals surface area contributed by atoms with E-state index in [0.29, 0.717) is 5.56 Å². The predicted octanol–water partition coefficient (Wildman–Crippen LogP) is 2.71. The monoisotopic (exact) mass is 272 g/mol. The first-order chi connectivity index (χ1) is 9.60. The quantitative estimate of drug-likeness (QED) is 0.915. The van der Waals surface area contributed by atoms with E-state index in [1.54, 1.807) is 0 Å². The molecule has 1 aromatic heterocycles. The Labute approximate surface area is 121 Å². The van der Waals surface area contributed by atoms with Crippen molar-refractivity contribution in [2.24, 2.45) is 5.92 Å². The zero-order chi connectivity index (χ0) is 14.5. The highest BCUT2D eigenvalue weighted by atomic mass is 15.1. The first kappa shape index (κ1) is 14.8. The van der Waals surface area contributed by atoms with E-state index in [1.165, 1.54) is 25.9 Å². The van der Waals surface area contributed by atoms with Crippen LogP contribution < -0.4 is 5.32 Å². The summed E-state index contributed by atoms with van der Waals surface area (Å²) in [6.45, 7) is 10.5. The molecule has 0 atom stereocenters. The van der Waals surface area contributed by atoms with Crippen LogP contribution >= 0.6 is 0 Å². The summed E-state index contributed by atoms with van der Waals surface area (Å²) in [7, 11) is 0. The average Bonchev–Trinajstić information content (AvgIpc) is 2.40. The smallest absolute Gasteiger partial charge is 0.103 e. The molecule has 20 heavy (non-hydrogen) atoms. The van der Waals surface area contributed by atoms with Gasteiger partial charge in [-0.05, 0) is 51.8 Å². The van der Waals surface area contributed by atoms with Crippen LogP contribution in [-0.2, 0) is 0 Å². The molecule has 1 aliphatic rings. The minimum Gasteiger partial charge on any atom is -0.383 e. The molecule has 1 aliphatic heterocycles. The van der Waals surface area contributed by atoms with Gasteiger partial charge in [0, 0.05) is 18.8 Å². The van der Waals surface area contributed by atoms with Gasteiger partial charge in [0.15, 0.2) is 0 Å². The van der Waals surface area contributed by atoms with Gasteiger partial charge in [0.05, 0.1) is 16.9 Å². The highest BCUT2D eigenvalue weighted by Crippen LogP contribution is 2.19. The first-order valence-electron chi connectivity index (χ1n) is 7.44. The number of hydrogen-bond acceptors (Lipinski definition) is 4. The number of anilines is 1. The predicted molar refractivity (Wildman–Crippen MR) is 81.8 cm³/mol. The van der Waals surface area contributed by atoms with E-state index in [4.69, 9.17) is 0 Å². The molecular formula is C16H24N4. The van der Waals surface area contributed by atoms with Gasteiger partial charge in [-0.15, -0.1) is 0 Å². The lowest BCUT2D eigenvalue weighted by atomic mass is 9.99. The number of aromatic nitrogens is 1. The Kier molecular flexibility index (Phi) is 4.97. The number of nitrogens with one attached hydrogen (secondary N) is 1. The van der Waals surface area contributed by atoms with Crippen LogP contribution in [0, 0.1) is 31.1 Å². The van der Waals surface area contributed by atoms with E-state index < -0.39 is 0 Å². The van der Waals surface area contributed by atoms with Crippen molar-refractivity contribution in [3.63, 3.8) is 0 Å². The van der Waals surface area contributed by atoms with Crippen molar-refractivity contribution in [2.75, 3.05) is 31.5 Å². The minimum atomic E-state index is 0.669. The summed E-state index contributed by atoms with van der Waals surface area (Å²) in [5, 5.41) is 12.6. The summed E-state index contributed by atoms with van der Waals surface area (Å²) < 4.78 is 0. The third-order valence-electron chi connectivity index (χ3n) is 4.06. The summed E-state index contributed by atoms with van der Waals surface area (Å²) in [6.07, 6.45) is 2.60. The van der Waals surface area contributed by atoms with Crippen molar-refractivity contribution in [1.29, 1.82) is 5.26 Å². The summed E-state index contributed by atoms with van der Waals surface area (Å²) in [4.78, 5) is 6.84. The molecule has 0 aromatic carbocycles. The van der Waals surface area contributed by atoms with Crippen molar-refractivity contribution in [1.82, 2.24) is 9.88 Å². The van der Waals surface area contributed by atoms with E-state index in [9.17, 15) is 5.26 Å². The van der Waals surface area contributed by atoms with Crippen molar-refractivity contribution in [3.05, 3.63) is 23.0 Å². The lowest BCUT2D eigenvalue weighted by Crippen LogP contribution is -2.36. The van der Waals surface area contributed by atoms with Gasteiger partial charge in [0.1, 0.15) is 6.07 Å². The lowest BCUT2D eigenvalue weighted by molar-refractivity contribution is 0.199. The van der Waals surface area contributed by atoms with Gasteiger partial charge >= 0.3 is 0 Å². The molecule has 1 N–H and O–H groups in total. The molecule has 0 bridgehead atoms. The number of likely N-dealkylation sites (tertiary alicyclic amines) is 1. The van der Waals surface area contributed by atoms with E-state index >= 15 is 0 Å². The molecular weight excluding hydrogens is 248 g/mol. The summed E-state index contributed by atoms with van der Waals surface area (Å²) >= 11 is 0. The summed E-state index contributed by atoms with van der Waals surface area (Å²) in [6, 6.07) is 4.21. The molecule has 2 heterocycles. The Bertz CT molecular complexity index is 496. The van der Waals surface area contributed by atoms with Gasteiger partial charge in [-0.3, -0.25) is 4.98 Å². The molecule has 0 saturated carbocycles. The zero-order valence-corrected chi connectivity index (χ0v) is 12.7. The number of hydrogen-bond donors (Lipinski definition) is 1. The molecule has 4 nitrogen and oxygen atoms in total. The number of rotatable bonds is 4. The SMILES string of the molecule is Cc1cc(NCCN2CCC(C)CC2)c(C#N)c(C)n1. The van der Waals surface area contributed by atoms with Gasteiger partial charge in [-0.25, -0.2) is 0 Å². The van der Waals surface area contributed by atoms with Gasteiger partial charge < -0.3 is 10.2 Å². The maximum atomic E-state index is 9.23. The van der Waals surface area contributed by atoms with Gasteiger partial charge in [0.2, 0.25) is 0 Å².